The molecule has 1 aromatic carbocycles. The second-order valence-corrected chi connectivity index (χ2v) is 8.81. The Balaban J connectivity index is 2.20. The molecule has 1 aromatic rings. The van der Waals surface area contributed by atoms with E-state index < -0.39 is 33.4 Å². The molecule has 0 aromatic heterocycles. The van der Waals surface area contributed by atoms with Gasteiger partial charge in [-0.3, -0.25) is 4.57 Å². The first-order valence-electron chi connectivity index (χ1n) is 7.68. The molecule has 0 aliphatic carbocycles. The van der Waals surface area contributed by atoms with E-state index in [-0.39, 0.29) is 41.9 Å². The summed E-state index contributed by atoms with van der Waals surface area (Å²) in [6.45, 7) is 7.44. The van der Waals surface area contributed by atoms with Crippen LogP contribution in [0.2, 0.25) is 0 Å². The lowest BCUT2D eigenvalue weighted by molar-refractivity contribution is 0.204. The molecule has 2 aliphatic rings. The second-order valence-electron chi connectivity index (χ2n) is 5.66. The topological polar surface area (TPSA) is 104 Å². The Bertz CT molecular complexity index is 695. The Morgan fingerprint density at radius 3 is 2.04 bits per heavy atom. The molecule has 134 valence electrons. The van der Waals surface area contributed by atoms with Gasteiger partial charge in [-0.2, -0.15) is 0 Å². The molecule has 0 saturated heterocycles. The van der Waals surface area contributed by atoms with E-state index in [1.54, 1.807) is 13.8 Å². The molecule has 0 spiro atoms. The summed E-state index contributed by atoms with van der Waals surface area (Å²) in [7, 11) is -5.31. The number of phenols is 2. The van der Waals surface area contributed by atoms with Gasteiger partial charge in [0.1, 0.15) is 0 Å². The number of phenolic OH excluding ortho intramolecular Hbond substituents is 2. The molecule has 0 amide bonds. The quantitative estimate of drug-likeness (QED) is 0.530. The van der Waals surface area contributed by atoms with Gasteiger partial charge in [0.25, 0.3) is 0 Å². The van der Waals surface area contributed by atoms with Crippen LogP contribution < -0.4 is 13.6 Å². The molecule has 0 radical (unpaired) electrons. The fraction of sp³-hybridized carbons (Fsp3) is 0.571. The van der Waals surface area contributed by atoms with Gasteiger partial charge in [-0.1, -0.05) is 13.8 Å². The van der Waals surface area contributed by atoms with Crippen LogP contribution in [0.1, 0.15) is 38.9 Å². The maximum Gasteiger partial charge on any atom is 0.530 e. The lowest BCUT2D eigenvalue weighted by Crippen LogP contribution is -2.14. The van der Waals surface area contributed by atoms with Crippen LogP contribution in [0.25, 0.3) is 0 Å². The Kier molecular flexibility index (Phi) is 4.60. The first-order valence-corrected chi connectivity index (χ1v) is 10.4. The van der Waals surface area contributed by atoms with E-state index in [4.69, 9.17) is 22.6 Å². The first kappa shape index (κ1) is 17.6. The number of fused-ring (bicyclic) bond motifs is 1. The molecular weight excluding hydrogens is 358 g/mol. The summed E-state index contributed by atoms with van der Waals surface area (Å²) >= 11 is 0. The zero-order valence-electron chi connectivity index (χ0n) is 13.8. The monoisotopic (exact) mass is 378 g/mol. The fourth-order valence-electron chi connectivity index (χ4n) is 2.90. The Labute approximate surface area is 141 Å². The lowest BCUT2D eigenvalue weighted by atomic mass is 9.99. The van der Waals surface area contributed by atoms with Crippen LogP contribution in [0.3, 0.4) is 0 Å². The molecule has 2 unspecified atom stereocenters. The molecule has 2 bridgehead atoms. The van der Waals surface area contributed by atoms with Crippen molar-refractivity contribution in [2.45, 2.75) is 33.4 Å². The summed E-state index contributed by atoms with van der Waals surface area (Å²) in [4.78, 5) is 0. The summed E-state index contributed by atoms with van der Waals surface area (Å²) < 4.78 is 40.5. The summed E-state index contributed by atoms with van der Waals surface area (Å²) in [6, 6.07) is 0. The van der Waals surface area contributed by atoms with Gasteiger partial charge < -0.3 is 32.8 Å². The van der Waals surface area contributed by atoms with Gasteiger partial charge in [-0.25, -0.2) is 0 Å². The number of aromatic hydroxyl groups is 2. The zero-order valence-corrected chi connectivity index (χ0v) is 15.6. The third kappa shape index (κ3) is 2.53. The van der Waals surface area contributed by atoms with Crippen molar-refractivity contribution in [3.63, 3.8) is 0 Å². The molecular formula is C14H20O8P2. The number of rotatable bonds is 7. The van der Waals surface area contributed by atoms with Gasteiger partial charge in [0.15, 0.2) is 11.5 Å². The van der Waals surface area contributed by atoms with Crippen LogP contribution in [0.4, 0.5) is 0 Å². The van der Waals surface area contributed by atoms with Crippen molar-refractivity contribution in [3.05, 3.63) is 5.56 Å². The summed E-state index contributed by atoms with van der Waals surface area (Å²) in [5.41, 5.74) is -0.664. The van der Waals surface area contributed by atoms with E-state index >= 15 is 0 Å². The van der Waals surface area contributed by atoms with Crippen LogP contribution in [-0.2, 0) is 13.6 Å². The highest BCUT2D eigenvalue weighted by Crippen LogP contribution is 2.75. The molecule has 2 atom stereocenters. The van der Waals surface area contributed by atoms with E-state index in [9.17, 15) is 14.8 Å². The largest absolute Gasteiger partial charge is 0.530 e. The van der Waals surface area contributed by atoms with Crippen LogP contribution in [0, 0.1) is 5.92 Å². The Morgan fingerprint density at radius 1 is 1.00 bits per heavy atom. The van der Waals surface area contributed by atoms with E-state index in [2.05, 4.69) is 0 Å². The van der Waals surface area contributed by atoms with Crippen molar-refractivity contribution >= 4 is 16.2 Å². The van der Waals surface area contributed by atoms with Gasteiger partial charge >= 0.3 is 16.2 Å². The van der Waals surface area contributed by atoms with Crippen molar-refractivity contribution < 1.29 is 37.4 Å². The summed E-state index contributed by atoms with van der Waals surface area (Å²) in [6.07, 6.45) is 0. The molecule has 8 nitrogen and oxygen atoms in total. The van der Waals surface area contributed by atoms with Crippen molar-refractivity contribution in [1.82, 2.24) is 0 Å². The van der Waals surface area contributed by atoms with Crippen molar-refractivity contribution in [1.29, 1.82) is 0 Å². The number of hydrogen-bond acceptors (Lipinski definition) is 8. The van der Waals surface area contributed by atoms with Crippen molar-refractivity contribution in [3.8, 4) is 28.7 Å². The third-order valence-electron chi connectivity index (χ3n) is 3.74. The Hall–Kier alpha value is -1.20. The highest BCUT2D eigenvalue weighted by molar-refractivity contribution is 7.54. The molecule has 2 N–H and O–H groups in total. The standard InChI is InChI=1S/C14H20O8P2/c1-5-18-24(17,19-6-2)14(7(3)4)8-9(15)10(16)12-13-11(8)20-23(21-12)22-13/h7,14-16H,5-6H2,1-4H3. The molecule has 2 heterocycles. The molecule has 0 saturated carbocycles. The SMILES string of the molecule is CCOP(=O)(OCC)C(c1c(O)c(O)c2c3c1OP(O2)O3)C(C)C. The van der Waals surface area contributed by atoms with Crippen LogP contribution in [-0.4, -0.2) is 23.4 Å². The molecule has 0 fully saturated rings. The Morgan fingerprint density at radius 2 is 1.54 bits per heavy atom. The molecule has 2 aliphatic heterocycles. The van der Waals surface area contributed by atoms with E-state index in [1.165, 1.54) is 0 Å². The van der Waals surface area contributed by atoms with Gasteiger partial charge in [0.2, 0.25) is 17.2 Å². The van der Waals surface area contributed by atoms with Crippen molar-refractivity contribution in [2.24, 2.45) is 5.92 Å². The minimum Gasteiger partial charge on any atom is -0.504 e. The lowest BCUT2D eigenvalue weighted by Gasteiger charge is -2.31. The highest BCUT2D eigenvalue weighted by Gasteiger charge is 2.51. The van der Waals surface area contributed by atoms with Crippen LogP contribution >= 0.6 is 16.2 Å². The minimum atomic E-state index is -3.63. The molecule has 24 heavy (non-hydrogen) atoms. The summed E-state index contributed by atoms with van der Waals surface area (Å²) in [5.74, 6) is -0.643. The van der Waals surface area contributed by atoms with Gasteiger partial charge in [-0.05, 0) is 19.8 Å². The van der Waals surface area contributed by atoms with Crippen LogP contribution in [0.5, 0.6) is 28.7 Å². The van der Waals surface area contributed by atoms with Crippen molar-refractivity contribution in [2.75, 3.05) is 13.2 Å². The van der Waals surface area contributed by atoms with Gasteiger partial charge in [0, 0.05) is 0 Å². The normalized spacial score (nSPS) is 19.1. The second kappa shape index (κ2) is 6.26. The molecule has 3 rings (SSSR count). The van der Waals surface area contributed by atoms with Gasteiger partial charge in [0.05, 0.1) is 24.4 Å². The van der Waals surface area contributed by atoms with E-state index in [1.807, 2.05) is 13.8 Å². The van der Waals surface area contributed by atoms with Gasteiger partial charge in [-0.15, -0.1) is 0 Å². The fourth-order valence-corrected chi connectivity index (χ4v) is 6.38. The molecule has 10 heteroatoms. The summed E-state index contributed by atoms with van der Waals surface area (Å²) in [5, 5.41) is 20.7. The maximum absolute atomic E-state index is 13.4. The smallest absolute Gasteiger partial charge is 0.504 e. The average Bonchev–Trinajstić information content (AvgIpc) is 3.10. The average molecular weight is 378 g/mol. The third-order valence-corrected chi connectivity index (χ3v) is 7.50. The van der Waals surface area contributed by atoms with E-state index in [0.717, 1.165) is 0 Å². The minimum absolute atomic E-state index is 0.0498. The zero-order chi connectivity index (χ0) is 17.6. The first-order chi connectivity index (χ1) is 11.3. The maximum atomic E-state index is 13.4. The number of benzene rings is 1. The van der Waals surface area contributed by atoms with E-state index in [0.29, 0.717) is 0 Å². The predicted octanol–water partition coefficient (Wildman–Crippen LogP) is 4.45. The highest BCUT2D eigenvalue weighted by atomic mass is 31.2. The predicted molar refractivity (Wildman–Crippen MR) is 87.0 cm³/mol. The van der Waals surface area contributed by atoms with Crippen LogP contribution in [0.15, 0.2) is 0 Å². The number of hydrogen-bond donors (Lipinski definition) is 2.